The van der Waals surface area contributed by atoms with E-state index in [0.717, 1.165) is 15.3 Å². The smallest absolute Gasteiger partial charge is 0.339 e. The number of thiophene rings is 1. The Labute approximate surface area is 114 Å². The number of nitrogens with zero attached hydrogens (tertiary/aromatic N) is 1. The average molecular weight is 282 g/mol. The number of halogens is 1. The molecule has 0 radical (unpaired) electrons. The Kier molecular flexibility index (Phi) is 3.99. The van der Waals surface area contributed by atoms with Crippen molar-refractivity contribution < 1.29 is 9.53 Å². The summed E-state index contributed by atoms with van der Waals surface area (Å²) in [5.41, 5.74) is 1.46. The predicted octanol–water partition coefficient (Wildman–Crippen LogP) is 3.77. The first-order valence-electron chi connectivity index (χ1n) is 5.41. The first-order chi connectivity index (χ1) is 8.56. The molecule has 0 aliphatic rings. The topological polar surface area (TPSA) is 39.2 Å². The lowest BCUT2D eigenvalue weighted by molar-refractivity contribution is 0.0472. The van der Waals surface area contributed by atoms with Crippen LogP contribution in [-0.2, 0) is 11.3 Å². The van der Waals surface area contributed by atoms with E-state index in [9.17, 15) is 4.79 Å². The van der Waals surface area contributed by atoms with Gasteiger partial charge in [0.25, 0.3) is 0 Å². The van der Waals surface area contributed by atoms with Crippen LogP contribution in [0.3, 0.4) is 0 Å². The molecule has 2 heterocycles. The van der Waals surface area contributed by atoms with Crippen LogP contribution in [0.25, 0.3) is 0 Å². The van der Waals surface area contributed by atoms with Gasteiger partial charge in [0.15, 0.2) is 0 Å². The minimum Gasteiger partial charge on any atom is -0.457 e. The van der Waals surface area contributed by atoms with Gasteiger partial charge in [0, 0.05) is 21.5 Å². The van der Waals surface area contributed by atoms with Crippen LogP contribution in [-0.4, -0.2) is 11.0 Å². The number of aromatic nitrogens is 1. The molecular formula is C13H12ClNO2S. The molecule has 0 aliphatic heterocycles. The molecule has 0 atom stereocenters. The van der Waals surface area contributed by atoms with Gasteiger partial charge in [0.05, 0.1) is 5.56 Å². The van der Waals surface area contributed by atoms with Gasteiger partial charge in [-0.25, -0.2) is 9.78 Å². The Balaban J connectivity index is 2.00. The number of esters is 1. The van der Waals surface area contributed by atoms with Gasteiger partial charge >= 0.3 is 5.97 Å². The maximum absolute atomic E-state index is 11.9. The molecule has 2 aromatic heterocycles. The summed E-state index contributed by atoms with van der Waals surface area (Å²) in [7, 11) is 0. The lowest BCUT2D eigenvalue weighted by atomic mass is 10.2. The molecule has 0 bridgehead atoms. The van der Waals surface area contributed by atoms with Crippen LogP contribution in [0.4, 0.5) is 0 Å². The minimum atomic E-state index is -0.299. The van der Waals surface area contributed by atoms with Gasteiger partial charge in [-0.3, -0.25) is 0 Å². The molecular weight excluding hydrogens is 270 g/mol. The van der Waals surface area contributed by atoms with Gasteiger partial charge in [-0.2, -0.15) is 0 Å². The van der Waals surface area contributed by atoms with Crippen LogP contribution in [0.2, 0.25) is 5.15 Å². The molecule has 0 aromatic carbocycles. The van der Waals surface area contributed by atoms with E-state index >= 15 is 0 Å². The van der Waals surface area contributed by atoms with E-state index in [1.807, 2.05) is 19.9 Å². The molecule has 0 N–H and O–H groups in total. The van der Waals surface area contributed by atoms with E-state index in [1.54, 1.807) is 29.7 Å². The normalized spacial score (nSPS) is 10.4. The maximum atomic E-state index is 11.9. The third-order valence-corrected chi connectivity index (χ3v) is 3.61. The van der Waals surface area contributed by atoms with Crippen molar-refractivity contribution in [3.63, 3.8) is 0 Å². The fourth-order valence-electron chi connectivity index (χ4n) is 1.55. The van der Waals surface area contributed by atoms with Gasteiger partial charge < -0.3 is 4.74 Å². The highest BCUT2D eigenvalue weighted by molar-refractivity contribution is 7.12. The molecule has 2 rings (SSSR count). The standard InChI is InChI=1S/C13H12ClNO2S/c1-8-5-11(9(2)18-8)13(16)17-7-10-3-4-12(14)15-6-10/h3-6H,7H2,1-2H3. The Morgan fingerprint density at radius 3 is 2.78 bits per heavy atom. The molecule has 0 saturated heterocycles. The zero-order valence-electron chi connectivity index (χ0n) is 10.1. The maximum Gasteiger partial charge on any atom is 0.339 e. The van der Waals surface area contributed by atoms with Crippen molar-refractivity contribution in [1.29, 1.82) is 0 Å². The van der Waals surface area contributed by atoms with Crippen LogP contribution >= 0.6 is 22.9 Å². The second kappa shape index (κ2) is 5.50. The molecule has 18 heavy (non-hydrogen) atoms. The van der Waals surface area contributed by atoms with Crippen LogP contribution < -0.4 is 0 Å². The number of aryl methyl sites for hydroxylation is 2. The fourth-order valence-corrected chi connectivity index (χ4v) is 2.58. The van der Waals surface area contributed by atoms with Crippen molar-refractivity contribution in [3.8, 4) is 0 Å². The summed E-state index contributed by atoms with van der Waals surface area (Å²) in [5.74, 6) is -0.299. The first-order valence-corrected chi connectivity index (χ1v) is 6.60. The predicted molar refractivity (Wildman–Crippen MR) is 72.2 cm³/mol. The Bertz CT molecular complexity index is 563. The number of ether oxygens (including phenoxy) is 1. The summed E-state index contributed by atoms with van der Waals surface area (Å²) in [4.78, 5) is 17.9. The van der Waals surface area contributed by atoms with Gasteiger partial charge in [-0.05, 0) is 26.0 Å². The molecule has 0 unspecified atom stereocenters. The summed E-state index contributed by atoms with van der Waals surface area (Å²) in [6.45, 7) is 4.09. The van der Waals surface area contributed by atoms with E-state index in [4.69, 9.17) is 16.3 Å². The highest BCUT2D eigenvalue weighted by Crippen LogP contribution is 2.21. The molecule has 0 saturated carbocycles. The third-order valence-electron chi connectivity index (χ3n) is 2.42. The summed E-state index contributed by atoms with van der Waals surface area (Å²) < 4.78 is 5.23. The number of carbonyl (C=O) groups is 1. The Morgan fingerprint density at radius 1 is 1.44 bits per heavy atom. The SMILES string of the molecule is Cc1cc(C(=O)OCc2ccc(Cl)nc2)c(C)s1. The van der Waals surface area contributed by atoms with Crippen molar-refractivity contribution >= 4 is 28.9 Å². The van der Waals surface area contributed by atoms with Gasteiger partial charge in [0.2, 0.25) is 0 Å². The van der Waals surface area contributed by atoms with Crippen molar-refractivity contribution in [1.82, 2.24) is 4.98 Å². The van der Waals surface area contributed by atoms with Crippen LogP contribution in [0, 0.1) is 13.8 Å². The van der Waals surface area contributed by atoms with Gasteiger partial charge in [-0.1, -0.05) is 17.7 Å². The van der Waals surface area contributed by atoms with Crippen molar-refractivity contribution in [2.24, 2.45) is 0 Å². The van der Waals surface area contributed by atoms with Crippen molar-refractivity contribution in [3.05, 3.63) is 50.4 Å². The lowest BCUT2D eigenvalue weighted by Crippen LogP contribution is -2.05. The summed E-state index contributed by atoms with van der Waals surface area (Å²) in [6, 6.07) is 5.31. The van der Waals surface area contributed by atoms with Crippen molar-refractivity contribution in [2.45, 2.75) is 20.5 Å². The van der Waals surface area contributed by atoms with Crippen LogP contribution in [0.5, 0.6) is 0 Å². The van der Waals surface area contributed by atoms with Gasteiger partial charge in [-0.15, -0.1) is 11.3 Å². The van der Waals surface area contributed by atoms with E-state index in [2.05, 4.69) is 4.98 Å². The molecule has 0 spiro atoms. The van der Waals surface area contributed by atoms with Crippen molar-refractivity contribution in [2.75, 3.05) is 0 Å². The molecule has 0 amide bonds. The largest absolute Gasteiger partial charge is 0.457 e. The molecule has 94 valence electrons. The summed E-state index contributed by atoms with van der Waals surface area (Å²) in [5, 5.41) is 0.425. The summed E-state index contributed by atoms with van der Waals surface area (Å²) in [6.07, 6.45) is 1.60. The quantitative estimate of drug-likeness (QED) is 0.635. The molecule has 0 fully saturated rings. The highest BCUT2D eigenvalue weighted by atomic mass is 35.5. The number of pyridine rings is 1. The molecule has 2 aromatic rings. The first kappa shape index (κ1) is 13.1. The minimum absolute atomic E-state index is 0.206. The number of carbonyl (C=O) groups excluding carboxylic acids is 1. The van der Waals surface area contributed by atoms with Crippen LogP contribution in [0.15, 0.2) is 24.4 Å². The third kappa shape index (κ3) is 3.09. The van der Waals surface area contributed by atoms with E-state index < -0.39 is 0 Å². The monoisotopic (exact) mass is 281 g/mol. The highest BCUT2D eigenvalue weighted by Gasteiger charge is 2.13. The number of hydrogen-bond donors (Lipinski definition) is 0. The van der Waals surface area contributed by atoms with E-state index in [1.165, 1.54) is 0 Å². The second-order valence-corrected chi connectivity index (χ2v) is 5.74. The Hall–Kier alpha value is -1.39. The zero-order chi connectivity index (χ0) is 13.1. The summed E-state index contributed by atoms with van der Waals surface area (Å²) >= 11 is 7.27. The molecule has 0 aliphatic carbocycles. The lowest BCUT2D eigenvalue weighted by Gasteiger charge is -2.04. The molecule has 5 heteroatoms. The van der Waals surface area contributed by atoms with Gasteiger partial charge in [0.1, 0.15) is 11.8 Å². The second-order valence-electron chi connectivity index (χ2n) is 3.89. The fraction of sp³-hybridized carbons (Fsp3) is 0.231. The molecule has 3 nitrogen and oxygen atoms in total. The zero-order valence-corrected chi connectivity index (χ0v) is 11.6. The average Bonchev–Trinajstić information content (AvgIpc) is 2.67. The number of rotatable bonds is 3. The van der Waals surface area contributed by atoms with E-state index in [0.29, 0.717) is 10.7 Å². The Morgan fingerprint density at radius 2 is 2.22 bits per heavy atom. The number of hydrogen-bond acceptors (Lipinski definition) is 4. The van der Waals surface area contributed by atoms with E-state index in [-0.39, 0.29) is 12.6 Å². The van der Waals surface area contributed by atoms with Crippen LogP contribution in [0.1, 0.15) is 25.7 Å².